The number of para-hydroxylation sites is 1. The van der Waals surface area contributed by atoms with E-state index in [-0.39, 0.29) is 17.9 Å². The molecule has 0 spiro atoms. The molecule has 0 saturated carbocycles. The lowest BCUT2D eigenvalue weighted by Gasteiger charge is -2.25. The van der Waals surface area contributed by atoms with Gasteiger partial charge in [0.1, 0.15) is 0 Å². The number of rotatable bonds is 5. The number of hydrogen-bond acceptors (Lipinski definition) is 3. The first-order chi connectivity index (χ1) is 13.2. The van der Waals surface area contributed by atoms with Gasteiger partial charge in [0, 0.05) is 25.4 Å². The van der Waals surface area contributed by atoms with E-state index in [9.17, 15) is 9.59 Å². The van der Waals surface area contributed by atoms with E-state index in [0.717, 1.165) is 19.3 Å². The van der Waals surface area contributed by atoms with Crippen LogP contribution in [0.2, 0.25) is 0 Å². The molecule has 4 rings (SSSR count). The SMILES string of the molecule is O=C(CCn1cnc2ccccc2c1=O)NCC1CCCc2ccccc21. The maximum absolute atomic E-state index is 12.5. The van der Waals surface area contributed by atoms with Crippen molar-refractivity contribution in [1.82, 2.24) is 14.9 Å². The minimum absolute atomic E-state index is 0.0295. The summed E-state index contributed by atoms with van der Waals surface area (Å²) >= 11 is 0. The second-order valence-corrected chi connectivity index (χ2v) is 7.10. The molecule has 1 N–H and O–H groups in total. The summed E-state index contributed by atoms with van der Waals surface area (Å²) in [6.07, 6.45) is 5.18. The Hall–Kier alpha value is -2.95. The maximum Gasteiger partial charge on any atom is 0.261 e. The summed E-state index contributed by atoms with van der Waals surface area (Å²) in [5.41, 5.74) is 3.34. The molecule has 1 amide bonds. The third kappa shape index (κ3) is 3.77. The number of nitrogens with one attached hydrogen (secondary N) is 1. The zero-order chi connectivity index (χ0) is 18.6. The average molecular weight is 361 g/mol. The average Bonchev–Trinajstić information content (AvgIpc) is 2.72. The fourth-order valence-corrected chi connectivity index (χ4v) is 3.88. The quantitative estimate of drug-likeness (QED) is 0.760. The number of carbonyl (C=O) groups excluding carboxylic acids is 1. The predicted octanol–water partition coefficient (Wildman–Crippen LogP) is 3.02. The summed E-state index contributed by atoms with van der Waals surface area (Å²) in [4.78, 5) is 29.1. The highest BCUT2D eigenvalue weighted by atomic mass is 16.1. The van der Waals surface area contributed by atoms with E-state index < -0.39 is 0 Å². The van der Waals surface area contributed by atoms with Crippen molar-refractivity contribution >= 4 is 16.8 Å². The Labute approximate surface area is 158 Å². The number of fused-ring (bicyclic) bond motifs is 2. The Morgan fingerprint density at radius 3 is 2.89 bits per heavy atom. The van der Waals surface area contributed by atoms with Gasteiger partial charge < -0.3 is 5.32 Å². The Morgan fingerprint density at radius 1 is 1.15 bits per heavy atom. The molecule has 3 aromatic rings. The molecule has 1 atom stereocenters. The Morgan fingerprint density at radius 2 is 1.96 bits per heavy atom. The molecule has 1 unspecified atom stereocenters. The van der Waals surface area contributed by atoms with Crippen LogP contribution in [0.5, 0.6) is 0 Å². The van der Waals surface area contributed by atoms with Gasteiger partial charge in [-0.1, -0.05) is 36.4 Å². The summed E-state index contributed by atoms with van der Waals surface area (Å²) in [7, 11) is 0. The van der Waals surface area contributed by atoms with E-state index in [2.05, 4.69) is 34.6 Å². The van der Waals surface area contributed by atoms with Gasteiger partial charge in [0.25, 0.3) is 5.56 Å². The first-order valence-electron chi connectivity index (χ1n) is 9.51. The zero-order valence-electron chi connectivity index (χ0n) is 15.2. The van der Waals surface area contributed by atoms with Gasteiger partial charge >= 0.3 is 0 Å². The van der Waals surface area contributed by atoms with E-state index in [0.29, 0.717) is 29.9 Å². The van der Waals surface area contributed by atoms with Crippen molar-refractivity contribution in [3.63, 3.8) is 0 Å². The van der Waals surface area contributed by atoms with E-state index in [1.165, 1.54) is 22.0 Å². The Balaban J connectivity index is 1.36. The molecule has 0 aliphatic heterocycles. The molecule has 138 valence electrons. The predicted molar refractivity (Wildman–Crippen MR) is 106 cm³/mol. The van der Waals surface area contributed by atoms with Gasteiger partial charge in [-0.25, -0.2) is 4.98 Å². The van der Waals surface area contributed by atoms with Gasteiger partial charge in [-0.15, -0.1) is 0 Å². The van der Waals surface area contributed by atoms with Crippen LogP contribution >= 0.6 is 0 Å². The standard InChI is InChI=1S/C22H23N3O2/c26-21(23-14-17-8-5-7-16-6-1-2-9-18(16)17)12-13-25-15-24-20-11-4-3-10-19(20)22(25)27/h1-4,6,9-11,15,17H,5,7-8,12-14H2,(H,23,26). The minimum Gasteiger partial charge on any atom is -0.355 e. The van der Waals surface area contributed by atoms with Crippen LogP contribution in [0.3, 0.4) is 0 Å². The zero-order valence-corrected chi connectivity index (χ0v) is 15.2. The van der Waals surface area contributed by atoms with Crippen LogP contribution in [0, 0.1) is 0 Å². The fourth-order valence-electron chi connectivity index (χ4n) is 3.88. The smallest absolute Gasteiger partial charge is 0.261 e. The molecule has 5 nitrogen and oxygen atoms in total. The summed E-state index contributed by atoms with van der Waals surface area (Å²) in [6, 6.07) is 15.8. The second-order valence-electron chi connectivity index (χ2n) is 7.10. The van der Waals surface area contributed by atoms with Crippen LogP contribution in [0.15, 0.2) is 59.7 Å². The monoisotopic (exact) mass is 361 g/mol. The number of aryl methyl sites for hydroxylation is 2. The van der Waals surface area contributed by atoms with Crippen molar-refractivity contribution < 1.29 is 4.79 Å². The second kappa shape index (κ2) is 7.74. The van der Waals surface area contributed by atoms with Crippen molar-refractivity contribution in [2.45, 2.75) is 38.1 Å². The molecule has 1 aliphatic carbocycles. The third-order valence-corrected chi connectivity index (χ3v) is 5.35. The first-order valence-corrected chi connectivity index (χ1v) is 9.51. The molecule has 1 aromatic heterocycles. The van der Waals surface area contributed by atoms with Crippen LogP contribution in [-0.4, -0.2) is 22.0 Å². The minimum atomic E-state index is -0.102. The van der Waals surface area contributed by atoms with Crippen LogP contribution in [0.4, 0.5) is 0 Å². The fraction of sp³-hybridized carbons (Fsp3) is 0.318. The largest absolute Gasteiger partial charge is 0.355 e. The lowest BCUT2D eigenvalue weighted by atomic mass is 9.83. The van der Waals surface area contributed by atoms with E-state index >= 15 is 0 Å². The van der Waals surface area contributed by atoms with Gasteiger partial charge in [0.05, 0.1) is 17.2 Å². The van der Waals surface area contributed by atoms with E-state index in [1.807, 2.05) is 18.2 Å². The van der Waals surface area contributed by atoms with Crippen LogP contribution in [-0.2, 0) is 17.8 Å². The summed E-state index contributed by atoms with van der Waals surface area (Å²) in [5, 5.41) is 3.63. The highest BCUT2D eigenvalue weighted by molar-refractivity contribution is 5.77. The molecule has 1 heterocycles. The molecule has 0 radical (unpaired) electrons. The van der Waals surface area contributed by atoms with Gasteiger partial charge in [0.15, 0.2) is 0 Å². The molecule has 2 aromatic carbocycles. The van der Waals surface area contributed by atoms with Gasteiger partial charge in [-0.2, -0.15) is 0 Å². The number of nitrogens with zero attached hydrogens (tertiary/aromatic N) is 2. The number of aromatic nitrogens is 2. The number of carbonyl (C=O) groups is 1. The molecule has 27 heavy (non-hydrogen) atoms. The van der Waals surface area contributed by atoms with Crippen LogP contribution in [0.25, 0.3) is 10.9 Å². The Bertz CT molecular complexity index is 1030. The third-order valence-electron chi connectivity index (χ3n) is 5.35. The first kappa shape index (κ1) is 17.5. The van der Waals surface area contributed by atoms with Crippen molar-refractivity contribution in [3.05, 3.63) is 76.3 Å². The number of benzene rings is 2. The van der Waals surface area contributed by atoms with E-state index in [4.69, 9.17) is 0 Å². The lowest BCUT2D eigenvalue weighted by molar-refractivity contribution is -0.121. The topological polar surface area (TPSA) is 64.0 Å². The molecular formula is C22H23N3O2. The summed E-state index contributed by atoms with van der Waals surface area (Å²) in [6.45, 7) is 0.991. The molecule has 0 fully saturated rings. The number of amides is 1. The van der Waals surface area contributed by atoms with Crippen molar-refractivity contribution in [2.75, 3.05) is 6.54 Å². The van der Waals surface area contributed by atoms with Gasteiger partial charge in [-0.05, 0) is 42.5 Å². The van der Waals surface area contributed by atoms with E-state index in [1.54, 1.807) is 6.07 Å². The van der Waals surface area contributed by atoms with Gasteiger partial charge in [-0.3, -0.25) is 14.2 Å². The normalized spacial score (nSPS) is 16.1. The molecule has 0 saturated heterocycles. The summed E-state index contributed by atoms with van der Waals surface area (Å²) in [5.74, 6) is 0.349. The van der Waals surface area contributed by atoms with Crippen LogP contribution < -0.4 is 10.9 Å². The Kier molecular flexibility index (Phi) is 5.01. The van der Waals surface area contributed by atoms with Crippen LogP contribution in [0.1, 0.15) is 36.3 Å². The van der Waals surface area contributed by atoms with Crippen molar-refractivity contribution in [1.29, 1.82) is 0 Å². The highest BCUT2D eigenvalue weighted by Crippen LogP contribution is 2.30. The lowest BCUT2D eigenvalue weighted by Crippen LogP contribution is -2.31. The van der Waals surface area contributed by atoms with Crippen molar-refractivity contribution in [2.24, 2.45) is 0 Å². The maximum atomic E-state index is 12.5. The summed E-state index contributed by atoms with van der Waals surface area (Å²) < 4.78 is 1.51. The van der Waals surface area contributed by atoms with Gasteiger partial charge in [0.2, 0.25) is 5.91 Å². The molecule has 5 heteroatoms. The highest BCUT2D eigenvalue weighted by Gasteiger charge is 2.20. The molecular weight excluding hydrogens is 338 g/mol. The number of hydrogen-bond donors (Lipinski definition) is 1. The molecule has 0 bridgehead atoms. The van der Waals surface area contributed by atoms with Crippen molar-refractivity contribution in [3.8, 4) is 0 Å². The molecule has 1 aliphatic rings.